The first-order valence-corrected chi connectivity index (χ1v) is 6.83. The third kappa shape index (κ3) is 5.39. The van der Waals surface area contributed by atoms with Crippen LogP contribution >= 0.6 is 46.4 Å². The lowest BCUT2D eigenvalue weighted by Crippen LogP contribution is -1.88. The van der Waals surface area contributed by atoms with E-state index < -0.39 is 0 Å². The van der Waals surface area contributed by atoms with E-state index in [4.69, 9.17) is 0 Å². The highest BCUT2D eigenvalue weighted by Gasteiger charge is 2.02. The van der Waals surface area contributed by atoms with E-state index in [9.17, 15) is 0 Å². The van der Waals surface area contributed by atoms with Gasteiger partial charge in [-0.15, -0.1) is 24.8 Å². The van der Waals surface area contributed by atoms with Crippen LogP contribution in [-0.2, 0) is 0 Å². The van der Waals surface area contributed by atoms with Crippen molar-refractivity contribution in [2.75, 3.05) is 0 Å². The second kappa shape index (κ2) is 8.53. The standard InChI is InChI=1S/C10H10N4S2.2ClH/c1-7-3-5-11-9(13-7)15-16-10-12-6-4-8(2)14-10;;/h3-6H,1-2H3;2*1H. The van der Waals surface area contributed by atoms with Crippen LogP contribution in [0.25, 0.3) is 0 Å². The predicted octanol–water partition coefficient (Wildman–Crippen LogP) is 3.53. The molecule has 0 saturated carbocycles. The van der Waals surface area contributed by atoms with Gasteiger partial charge in [0, 0.05) is 23.8 Å². The van der Waals surface area contributed by atoms with Crippen LogP contribution in [0.3, 0.4) is 0 Å². The highest BCUT2D eigenvalue weighted by atomic mass is 35.5. The lowest BCUT2D eigenvalue weighted by Gasteiger charge is -1.99. The number of hydrogen-bond donors (Lipinski definition) is 0. The second-order valence-corrected chi connectivity index (χ2v) is 5.19. The maximum atomic E-state index is 4.29. The Bertz CT molecular complexity index is 453. The molecule has 0 fully saturated rings. The molecule has 8 heteroatoms. The molecule has 0 amide bonds. The minimum atomic E-state index is 0. The predicted molar refractivity (Wildman–Crippen MR) is 79.7 cm³/mol. The fraction of sp³-hybridized carbons (Fsp3) is 0.200. The van der Waals surface area contributed by atoms with Gasteiger partial charge in [-0.25, -0.2) is 19.9 Å². The fourth-order valence-electron chi connectivity index (χ4n) is 1.01. The van der Waals surface area contributed by atoms with Gasteiger partial charge in [0.25, 0.3) is 0 Å². The molecule has 2 aromatic heterocycles. The topological polar surface area (TPSA) is 51.6 Å². The summed E-state index contributed by atoms with van der Waals surface area (Å²) in [5.41, 5.74) is 1.92. The van der Waals surface area contributed by atoms with E-state index in [1.165, 1.54) is 21.6 Å². The van der Waals surface area contributed by atoms with Gasteiger partial charge in [-0.1, -0.05) is 0 Å². The van der Waals surface area contributed by atoms with E-state index in [0.29, 0.717) is 0 Å². The molecule has 0 bridgehead atoms. The average Bonchev–Trinajstić information content (AvgIpc) is 2.27. The molecule has 0 radical (unpaired) electrons. The fourth-order valence-corrected chi connectivity index (χ4v) is 2.66. The van der Waals surface area contributed by atoms with Gasteiger partial charge in [0.15, 0.2) is 10.3 Å². The molecular formula is C10H12Cl2N4S2. The molecule has 0 saturated heterocycles. The third-order valence-electron chi connectivity index (χ3n) is 1.74. The quantitative estimate of drug-likeness (QED) is 0.636. The monoisotopic (exact) mass is 322 g/mol. The minimum Gasteiger partial charge on any atom is -0.230 e. The second-order valence-electron chi connectivity index (χ2n) is 3.13. The lowest BCUT2D eigenvalue weighted by molar-refractivity contribution is 0.931. The zero-order chi connectivity index (χ0) is 11.4. The highest BCUT2D eigenvalue weighted by Crippen LogP contribution is 2.32. The number of aryl methyl sites for hydroxylation is 2. The molecule has 2 heterocycles. The molecule has 98 valence electrons. The first-order valence-electron chi connectivity index (χ1n) is 4.68. The van der Waals surface area contributed by atoms with E-state index >= 15 is 0 Å². The van der Waals surface area contributed by atoms with Crippen LogP contribution in [0, 0.1) is 13.8 Å². The van der Waals surface area contributed by atoms with Crippen molar-refractivity contribution in [2.24, 2.45) is 0 Å². The maximum Gasteiger partial charge on any atom is 0.199 e. The summed E-state index contributed by atoms with van der Waals surface area (Å²) < 4.78 is 0. The van der Waals surface area contributed by atoms with Crippen molar-refractivity contribution in [2.45, 2.75) is 24.2 Å². The molecular weight excluding hydrogens is 311 g/mol. The SMILES string of the molecule is Cc1ccnc(SSc2nccc(C)n2)n1.Cl.Cl. The van der Waals surface area contributed by atoms with Crippen LogP contribution in [0.1, 0.15) is 11.4 Å². The normalized spacial score (nSPS) is 9.22. The summed E-state index contributed by atoms with van der Waals surface area (Å²) in [6, 6.07) is 3.75. The molecule has 0 aromatic carbocycles. The van der Waals surface area contributed by atoms with Gasteiger partial charge in [-0.2, -0.15) is 0 Å². The molecule has 0 aliphatic rings. The van der Waals surface area contributed by atoms with Crippen LogP contribution in [0.2, 0.25) is 0 Å². The van der Waals surface area contributed by atoms with Gasteiger partial charge < -0.3 is 0 Å². The smallest absolute Gasteiger partial charge is 0.199 e. The number of hydrogen-bond acceptors (Lipinski definition) is 6. The van der Waals surface area contributed by atoms with Crippen LogP contribution in [-0.4, -0.2) is 19.9 Å². The zero-order valence-electron chi connectivity index (χ0n) is 9.73. The summed E-state index contributed by atoms with van der Waals surface area (Å²) in [5.74, 6) is 0. The molecule has 4 nitrogen and oxygen atoms in total. The van der Waals surface area contributed by atoms with Gasteiger partial charge in [0.05, 0.1) is 0 Å². The van der Waals surface area contributed by atoms with E-state index in [0.717, 1.165) is 21.7 Å². The molecule has 2 rings (SSSR count). The molecule has 2 aromatic rings. The molecule has 0 aliphatic carbocycles. The molecule has 0 aliphatic heterocycles. The van der Waals surface area contributed by atoms with Crippen molar-refractivity contribution in [3.05, 3.63) is 35.9 Å². The van der Waals surface area contributed by atoms with Crippen LogP contribution in [0.15, 0.2) is 34.8 Å². The summed E-state index contributed by atoms with van der Waals surface area (Å²) >= 11 is 0. The molecule has 0 N–H and O–H groups in total. The molecule has 18 heavy (non-hydrogen) atoms. The third-order valence-corrected chi connectivity index (χ3v) is 3.66. The van der Waals surface area contributed by atoms with E-state index in [1.807, 2.05) is 26.0 Å². The minimum absolute atomic E-state index is 0. The van der Waals surface area contributed by atoms with E-state index in [-0.39, 0.29) is 24.8 Å². The number of aromatic nitrogens is 4. The van der Waals surface area contributed by atoms with Crippen molar-refractivity contribution in [3.8, 4) is 0 Å². The van der Waals surface area contributed by atoms with Crippen molar-refractivity contribution in [1.82, 2.24) is 19.9 Å². The van der Waals surface area contributed by atoms with Crippen molar-refractivity contribution in [1.29, 1.82) is 0 Å². The van der Waals surface area contributed by atoms with Crippen molar-refractivity contribution < 1.29 is 0 Å². The molecule has 0 spiro atoms. The van der Waals surface area contributed by atoms with Gasteiger partial charge in [-0.05, 0) is 47.6 Å². The van der Waals surface area contributed by atoms with Gasteiger partial charge in [0.1, 0.15) is 0 Å². The van der Waals surface area contributed by atoms with Crippen LogP contribution in [0.4, 0.5) is 0 Å². The molecule has 0 unspecified atom stereocenters. The van der Waals surface area contributed by atoms with Crippen LogP contribution in [0.5, 0.6) is 0 Å². The Morgan fingerprint density at radius 2 is 1.17 bits per heavy atom. The summed E-state index contributed by atoms with van der Waals surface area (Å²) in [5, 5.41) is 1.46. The Kier molecular flexibility index (Phi) is 8.26. The zero-order valence-corrected chi connectivity index (χ0v) is 13.0. The summed E-state index contributed by atoms with van der Waals surface area (Å²) in [6.07, 6.45) is 3.50. The Hall–Kier alpha value is -0.560. The molecule has 0 atom stereocenters. The van der Waals surface area contributed by atoms with Gasteiger partial charge in [0.2, 0.25) is 0 Å². The Morgan fingerprint density at radius 3 is 1.50 bits per heavy atom. The maximum absolute atomic E-state index is 4.29. The summed E-state index contributed by atoms with van der Waals surface area (Å²) in [4.78, 5) is 16.9. The van der Waals surface area contributed by atoms with E-state index in [2.05, 4.69) is 19.9 Å². The number of rotatable bonds is 3. The van der Waals surface area contributed by atoms with Crippen molar-refractivity contribution in [3.63, 3.8) is 0 Å². The first kappa shape index (κ1) is 17.4. The first-order chi connectivity index (χ1) is 7.74. The largest absolute Gasteiger partial charge is 0.230 e. The van der Waals surface area contributed by atoms with Gasteiger partial charge in [-0.3, -0.25) is 0 Å². The Labute approximate surface area is 126 Å². The van der Waals surface area contributed by atoms with Gasteiger partial charge >= 0.3 is 0 Å². The summed E-state index contributed by atoms with van der Waals surface area (Å²) in [6.45, 7) is 3.89. The Morgan fingerprint density at radius 1 is 0.778 bits per heavy atom. The lowest BCUT2D eigenvalue weighted by atomic mass is 10.5. The highest BCUT2D eigenvalue weighted by molar-refractivity contribution is 8.76. The number of halogens is 2. The van der Waals surface area contributed by atoms with E-state index in [1.54, 1.807) is 12.4 Å². The average molecular weight is 323 g/mol. The van der Waals surface area contributed by atoms with Crippen LogP contribution < -0.4 is 0 Å². The Balaban J connectivity index is 0.00000144. The summed E-state index contributed by atoms with van der Waals surface area (Å²) in [7, 11) is 2.93. The van der Waals surface area contributed by atoms with Crippen molar-refractivity contribution >= 4 is 46.4 Å². The number of nitrogens with zero attached hydrogens (tertiary/aromatic N) is 4.